The lowest BCUT2D eigenvalue weighted by atomic mass is 10.1. The number of piperazine rings is 1. The van der Waals surface area contributed by atoms with Crippen molar-refractivity contribution in [3.63, 3.8) is 0 Å². The molecule has 2 aliphatic rings. The molecule has 0 N–H and O–H groups in total. The number of rotatable bonds is 3. The summed E-state index contributed by atoms with van der Waals surface area (Å²) in [5.41, 5.74) is 5.34. The van der Waals surface area contributed by atoms with E-state index in [9.17, 15) is 9.18 Å². The van der Waals surface area contributed by atoms with Gasteiger partial charge in [0.25, 0.3) is 5.91 Å². The molecule has 1 fully saturated rings. The molecule has 0 aromatic heterocycles. The lowest BCUT2D eigenvalue weighted by Crippen LogP contribution is -2.49. The van der Waals surface area contributed by atoms with Gasteiger partial charge in [0.05, 0.1) is 5.56 Å². The molecule has 5 heteroatoms. The molecule has 2 heterocycles. The highest BCUT2D eigenvalue weighted by molar-refractivity contribution is 5.94. The summed E-state index contributed by atoms with van der Waals surface area (Å²) in [6.07, 6.45) is 0. The van der Waals surface area contributed by atoms with E-state index in [1.165, 1.54) is 22.9 Å². The largest absolute Gasteiger partial charge is 0.368 e. The van der Waals surface area contributed by atoms with Crippen molar-refractivity contribution in [1.29, 1.82) is 0 Å². The zero-order chi connectivity index (χ0) is 20.5. The van der Waals surface area contributed by atoms with Gasteiger partial charge in [-0.1, -0.05) is 36.4 Å². The van der Waals surface area contributed by atoms with Crippen LogP contribution in [-0.4, -0.2) is 37.0 Å². The van der Waals surface area contributed by atoms with Gasteiger partial charge in [0.1, 0.15) is 5.82 Å². The van der Waals surface area contributed by atoms with Crippen molar-refractivity contribution in [1.82, 2.24) is 4.90 Å². The predicted molar refractivity (Wildman–Crippen MR) is 117 cm³/mol. The fourth-order valence-corrected chi connectivity index (χ4v) is 4.36. The molecule has 1 saturated heterocycles. The van der Waals surface area contributed by atoms with Gasteiger partial charge < -0.3 is 14.7 Å². The van der Waals surface area contributed by atoms with E-state index in [1.54, 1.807) is 23.1 Å². The van der Waals surface area contributed by atoms with Gasteiger partial charge in [0, 0.05) is 50.6 Å². The SMILES string of the molecule is O=C(c1ccccc1F)N1CCN(c2ccc(N3Cc4ccccc4C3)cc2)CC1. The summed E-state index contributed by atoms with van der Waals surface area (Å²) in [6, 6.07) is 23.5. The molecule has 30 heavy (non-hydrogen) atoms. The second-order valence-electron chi connectivity index (χ2n) is 7.90. The van der Waals surface area contributed by atoms with Crippen molar-refractivity contribution < 1.29 is 9.18 Å². The van der Waals surface area contributed by atoms with E-state index in [2.05, 4.69) is 58.3 Å². The lowest BCUT2D eigenvalue weighted by molar-refractivity contribution is 0.0742. The number of carbonyl (C=O) groups is 1. The first-order valence-corrected chi connectivity index (χ1v) is 10.4. The van der Waals surface area contributed by atoms with Crippen LogP contribution >= 0.6 is 0 Å². The fraction of sp³-hybridized carbons (Fsp3) is 0.240. The van der Waals surface area contributed by atoms with Crippen LogP contribution in [0.1, 0.15) is 21.5 Å². The highest BCUT2D eigenvalue weighted by Crippen LogP contribution is 2.29. The maximum Gasteiger partial charge on any atom is 0.256 e. The van der Waals surface area contributed by atoms with Gasteiger partial charge in [-0.15, -0.1) is 0 Å². The van der Waals surface area contributed by atoms with Crippen LogP contribution < -0.4 is 9.80 Å². The van der Waals surface area contributed by atoms with E-state index < -0.39 is 5.82 Å². The van der Waals surface area contributed by atoms with E-state index >= 15 is 0 Å². The topological polar surface area (TPSA) is 26.8 Å². The first-order valence-electron chi connectivity index (χ1n) is 10.4. The van der Waals surface area contributed by atoms with E-state index in [0.29, 0.717) is 13.1 Å². The highest BCUT2D eigenvalue weighted by Gasteiger charge is 2.24. The molecule has 5 rings (SSSR count). The Bertz CT molecular complexity index is 1030. The lowest BCUT2D eigenvalue weighted by Gasteiger charge is -2.36. The minimum absolute atomic E-state index is 0.155. The number of nitrogens with zero attached hydrogens (tertiary/aromatic N) is 3. The summed E-state index contributed by atoms with van der Waals surface area (Å²) < 4.78 is 13.9. The number of amides is 1. The van der Waals surface area contributed by atoms with Gasteiger partial charge in [0.15, 0.2) is 0 Å². The van der Waals surface area contributed by atoms with Crippen molar-refractivity contribution in [3.05, 3.63) is 95.3 Å². The second-order valence-corrected chi connectivity index (χ2v) is 7.90. The molecule has 0 unspecified atom stereocenters. The number of halogens is 1. The molecule has 0 aliphatic carbocycles. The van der Waals surface area contributed by atoms with Crippen molar-refractivity contribution in [2.75, 3.05) is 36.0 Å². The second kappa shape index (κ2) is 7.82. The zero-order valence-electron chi connectivity index (χ0n) is 16.8. The maximum atomic E-state index is 13.9. The molecule has 0 saturated carbocycles. The van der Waals surface area contributed by atoms with Crippen molar-refractivity contribution in [2.24, 2.45) is 0 Å². The van der Waals surface area contributed by atoms with E-state index in [0.717, 1.165) is 31.9 Å². The minimum atomic E-state index is -0.454. The number of hydrogen-bond donors (Lipinski definition) is 0. The minimum Gasteiger partial charge on any atom is -0.368 e. The summed E-state index contributed by atoms with van der Waals surface area (Å²) in [6.45, 7) is 4.58. The van der Waals surface area contributed by atoms with Crippen LogP contribution in [0.4, 0.5) is 15.8 Å². The Balaban J connectivity index is 1.21. The quantitative estimate of drug-likeness (QED) is 0.654. The molecule has 4 nitrogen and oxygen atoms in total. The summed E-state index contributed by atoms with van der Waals surface area (Å²) in [7, 11) is 0. The average Bonchev–Trinajstić information content (AvgIpc) is 3.24. The Kier molecular flexibility index (Phi) is 4.87. The van der Waals surface area contributed by atoms with Gasteiger partial charge in [-0.3, -0.25) is 4.79 Å². The zero-order valence-corrected chi connectivity index (χ0v) is 16.8. The van der Waals surface area contributed by atoms with Gasteiger partial charge in [-0.2, -0.15) is 0 Å². The maximum absolute atomic E-state index is 13.9. The Morgan fingerprint density at radius 2 is 1.20 bits per heavy atom. The molecular weight excluding hydrogens is 377 g/mol. The third kappa shape index (κ3) is 3.52. The van der Waals surface area contributed by atoms with Crippen LogP contribution in [0.5, 0.6) is 0 Å². The summed E-state index contributed by atoms with van der Waals surface area (Å²) in [5.74, 6) is -0.679. The van der Waals surface area contributed by atoms with E-state index in [1.807, 2.05) is 0 Å². The Morgan fingerprint density at radius 1 is 0.667 bits per heavy atom. The van der Waals surface area contributed by atoms with Crippen LogP contribution in [0.3, 0.4) is 0 Å². The van der Waals surface area contributed by atoms with Crippen molar-refractivity contribution in [2.45, 2.75) is 13.1 Å². The first kappa shape index (κ1) is 18.7. The molecule has 1 amide bonds. The molecule has 0 spiro atoms. The average molecular weight is 401 g/mol. The van der Waals surface area contributed by atoms with Crippen LogP contribution in [0.25, 0.3) is 0 Å². The number of fused-ring (bicyclic) bond motifs is 1. The third-order valence-electron chi connectivity index (χ3n) is 6.09. The van der Waals surface area contributed by atoms with Crippen molar-refractivity contribution in [3.8, 4) is 0 Å². The van der Waals surface area contributed by atoms with Crippen LogP contribution in [0, 0.1) is 5.82 Å². The number of carbonyl (C=O) groups excluding carboxylic acids is 1. The molecule has 0 bridgehead atoms. The highest BCUT2D eigenvalue weighted by atomic mass is 19.1. The van der Waals surface area contributed by atoms with Crippen LogP contribution in [0.2, 0.25) is 0 Å². The van der Waals surface area contributed by atoms with Gasteiger partial charge in [0.2, 0.25) is 0 Å². The molecule has 2 aliphatic heterocycles. The van der Waals surface area contributed by atoms with E-state index in [-0.39, 0.29) is 11.5 Å². The fourth-order valence-electron chi connectivity index (χ4n) is 4.36. The molecular formula is C25H24FN3O. The predicted octanol–water partition coefficient (Wildman–Crippen LogP) is 4.31. The van der Waals surface area contributed by atoms with Crippen LogP contribution in [0.15, 0.2) is 72.8 Å². The molecule has 152 valence electrons. The Labute approximate surface area is 176 Å². The summed E-state index contributed by atoms with van der Waals surface area (Å²) in [4.78, 5) is 19.0. The summed E-state index contributed by atoms with van der Waals surface area (Å²) >= 11 is 0. The standard InChI is InChI=1S/C25H24FN3O/c26-24-8-4-3-7-23(24)25(30)28-15-13-27(14-16-28)21-9-11-22(12-10-21)29-17-19-5-1-2-6-20(19)18-29/h1-12H,13-18H2. The Morgan fingerprint density at radius 3 is 1.80 bits per heavy atom. The van der Waals surface area contributed by atoms with Crippen LogP contribution in [-0.2, 0) is 13.1 Å². The molecule has 0 radical (unpaired) electrons. The van der Waals surface area contributed by atoms with Gasteiger partial charge >= 0.3 is 0 Å². The smallest absolute Gasteiger partial charge is 0.256 e. The molecule has 3 aromatic rings. The normalized spacial score (nSPS) is 16.0. The number of hydrogen-bond acceptors (Lipinski definition) is 3. The monoisotopic (exact) mass is 401 g/mol. The van der Waals surface area contributed by atoms with Gasteiger partial charge in [-0.25, -0.2) is 4.39 Å². The Hall–Kier alpha value is -3.34. The number of anilines is 2. The molecule has 3 aromatic carbocycles. The summed E-state index contributed by atoms with van der Waals surface area (Å²) in [5, 5.41) is 0. The van der Waals surface area contributed by atoms with Gasteiger partial charge in [-0.05, 0) is 47.5 Å². The molecule has 0 atom stereocenters. The first-order chi connectivity index (χ1) is 14.7. The number of benzene rings is 3. The van der Waals surface area contributed by atoms with E-state index in [4.69, 9.17) is 0 Å². The third-order valence-corrected chi connectivity index (χ3v) is 6.09. The van der Waals surface area contributed by atoms with Crippen molar-refractivity contribution >= 4 is 17.3 Å².